The first-order chi connectivity index (χ1) is 9.47. The number of aromatic amines is 1. The van der Waals surface area contributed by atoms with Gasteiger partial charge in [-0.15, -0.1) is 0 Å². The van der Waals surface area contributed by atoms with E-state index in [-0.39, 0.29) is 0 Å². The van der Waals surface area contributed by atoms with E-state index in [1.807, 2.05) is 0 Å². The number of fused-ring (bicyclic) bond motifs is 1. The molecule has 1 N–H and O–H groups in total. The van der Waals surface area contributed by atoms with Crippen molar-refractivity contribution in [3.8, 4) is 5.69 Å². The third-order valence-corrected chi connectivity index (χ3v) is 4.26. The molecule has 0 fully saturated rings. The van der Waals surface area contributed by atoms with Crippen LogP contribution in [0.15, 0.2) is 39.3 Å². The van der Waals surface area contributed by atoms with Gasteiger partial charge in [0.2, 0.25) is 0 Å². The van der Waals surface area contributed by atoms with Crippen LogP contribution >= 0.6 is 44.1 Å². The molecular formula is C13H6Br2F2N2S. The van der Waals surface area contributed by atoms with Crippen molar-refractivity contribution in [3.05, 3.63) is 55.7 Å². The van der Waals surface area contributed by atoms with Crippen LogP contribution in [0.1, 0.15) is 0 Å². The van der Waals surface area contributed by atoms with E-state index in [9.17, 15) is 8.78 Å². The minimum absolute atomic E-state index is 0.297. The summed E-state index contributed by atoms with van der Waals surface area (Å²) in [6, 6.07) is 7.58. The topological polar surface area (TPSA) is 20.7 Å². The molecule has 0 aliphatic heterocycles. The van der Waals surface area contributed by atoms with E-state index in [2.05, 4.69) is 36.8 Å². The predicted octanol–water partition coefficient (Wildman–Crippen LogP) is 5.49. The highest BCUT2D eigenvalue weighted by Crippen LogP contribution is 2.27. The van der Waals surface area contributed by atoms with Gasteiger partial charge in [-0.2, -0.15) is 0 Å². The van der Waals surface area contributed by atoms with Crippen LogP contribution in [-0.4, -0.2) is 9.55 Å². The summed E-state index contributed by atoms with van der Waals surface area (Å²) in [5.74, 6) is -0.825. The molecular weight excluding hydrogens is 414 g/mol. The fourth-order valence-electron chi connectivity index (χ4n) is 2.00. The van der Waals surface area contributed by atoms with Crippen molar-refractivity contribution < 1.29 is 8.78 Å². The molecule has 102 valence electrons. The number of H-pyrrole nitrogens is 1. The van der Waals surface area contributed by atoms with E-state index in [0.717, 1.165) is 0 Å². The molecule has 0 bridgehead atoms. The van der Waals surface area contributed by atoms with Gasteiger partial charge in [0.25, 0.3) is 0 Å². The Hall–Kier alpha value is -1.05. The zero-order valence-electron chi connectivity index (χ0n) is 9.75. The fraction of sp³-hybridized carbons (Fsp3) is 0. The summed E-state index contributed by atoms with van der Waals surface area (Å²) in [5.41, 5.74) is 1.42. The zero-order chi connectivity index (χ0) is 14.4. The molecule has 0 amide bonds. The van der Waals surface area contributed by atoms with Crippen LogP contribution in [0, 0.1) is 16.4 Å². The number of benzene rings is 2. The number of halogens is 4. The van der Waals surface area contributed by atoms with Gasteiger partial charge in [0.15, 0.2) is 4.77 Å². The van der Waals surface area contributed by atoms with Crippen molar-refractivity contribution in [3.63, 3.8) is 0 Å². The second-order valence-electron chi connectivity index (χ2n) is 4.14. The number of nitrogens with one attached hydrogen (secondary N) is 1. The molecule has 3 rings (SSSR count). The number of hydrogen-bond acceptors (Lipinski definition) is 1. The number of aromatic nitrogens is 2. The highest BCUT2D eigenvalue weighted by molar-refractivity contribution is 9.10. The van der Waals surface area contributed by atoms with Gasteiger partial charge in [-0.1, -0.05) is 15.9 Å². The van der Waals surface area contributed by atoms with Crippen LogP contribution < -0.4 is 0 Å². The van der Waals surface area contributed by atoms with Gasteiger partial charge in [0, 0.05) is 10.5 Å². The third kappa shape index (κ3) is 2.23. The molecule has 7 heteroatoms. The second-order valence-corrected chi connectivity index (χ2v) is 6.30. The van der Waals surface area contributed by atoms with Crippen LogP contribution in [0.2, 0.25) is 0 Å². The number of imidazole rings is 1. The molecule has 0 aliphatic carbocycles. The van der Waals surface area contributed by atoms with Crippen LogP contribution in [0.3, 0.4) is 0 Å². The second kappa shape index (κ2) is 5.05. The molecule has 20 heavy (non-hydrogen) atoms. The van der Waals surface area contributed by atoms with Crippen LogP contribution in [0.25, 0.3) is 16.7 Å². The van der Waals surface area contributed by atoms with Crippen molar-refractivity contribution in [2.75, 3.05) is 0 Å². The lowest BCUT2D eigenvalue weighted by Gasteiger charge is -2.07. The highest BCUT2D eigenvalue weighted by Gasteiger charge is 2.13. The molecule has 1 aromatic heterocycles. The van der Waals surface area contributed by atoms with Crippen molar-refractivity contribution in [2.24, 2.45) is 0 Å². The Morgan fingerprint density at radius 2 is 1.80 bits per heavy atom. The summed E-state index contributed by atoms with van der Waals surface area (Å²) in [6.07, 6.45) is 0. The summed E-state index contributed by atoms with van der Waals surface area (Å²) < 4.78 is 30.4. The first-order valence-electron chi connectivity index (χ1n) is 5.52. The first-order valence-corrected chi connectivity index (χ1v) is 7.52. The molecule has 0 saturated heterocycles. The lowest BCUT2D eigenvalue weighted by molar-refractivity contribution is 0.617. The zero-order valence-corrected chi connectivity index (χ0v) is 13.7. The third-order valence-electron chi connectivity index (χ3n) is 2.87. The van der Waals surface area contributed by atoms with Gasteiger partial charge < -0.3 is 4.98 Å². The van der Waals surface area contributed by atoms with E-state index in [0.29, 0.717) is 30.4 Å². The van der Waals surface area contributed by atoms with Crippen molar-refractivity contribution in [2.45, 2.75) is 0 Å². The van der Waals surface area contributed by atoms with Crippen LogP contribution in [0.5, 0.6) is 0 Å². The summed E-state index contributed by atoms with van der Waals surface area (Å²) in [4.78, 5) is 2.87. The monoisotopic (exact) mass is 418 g/mol. The van der Waals surface area contributed by atoms with Crippen LogP contribution in [0.4, 0.5) is 8.78 Å². The fourth-order valence-corrected chi connectivity index (χ4v) is 2.97. The molecule has 0 aliphatic rings. The smallest absolute Gasteiger partial charge is 0.182 e. The SMILES string of the molecule is Fc1cc2[nH]c(=S)n(-c3ccc(Br)cc3F)c2cc1Br. The lowest BCUT2D eigenvalue weighted by Crippen LogP contribution is -1.98. The maximum absolute atomic E-state index is 14.1. The van der Waals surface area contributed by atoms with Crippen molar-refractivity contribution in [1.82, 2.24) is 9.55 Å². The Labute approximate surface area is 134 Å². The summed E-state index contributed by atoms with van der Waals surface area (Å²) >= 11 is 11.5. The average molecular weight is 420 g/mol. The highest BCUT2D eigenvalue weighted by atomic mass is 79.9. The molecule has 0 spiro atoms. The Bertz CT molecular complexity index is 886. The lowest BCUT2D eigenvalue weighted by atomic mass is 10.2. The standard InChI is InChI=1S/C13H6Br2F2N2S/c14-6-1-2-11(9(17)3-6)19-12-4-7(15)8(16)5-10(12)18-13(19)20/h1-5H,(H,18,20). The summed E-state index contributed by atoms with van der Waals surface area (Å²) in [7, 11) is 0. The average Bonchev–Trinajstić information content (AvgIpc) is 2.66. The van der Waals surface area contributed by atoms with Crippen molar-refractivity contribution in [1.29, 1.82) is 0 Å². The van der Waals surface area contributed by atoms with Gasteiger partial charge >= 0.3 is 0 Å². The number of hydrogen-bond donors (Lipinski definition) is 1. The van der Waals surface area contributed by atoms with E-state index < -0.39 is 11.6 Å². The minimum Gasteiger partial charge on any atom is -0.330 e. The Morgan fingerprint density at radius 1 is 1.05 bits per heavy atom. The maximum atomic E-state index is 14.1. The predicted molar refractivity (Wildman–Crippen MR) is 83.8 cm³/mol. The molecule has 1 heterocycles. The van der Waals surface area contributed by atoms with Crippen LogP contribution in [-0.2, 0) is 0 Å². The molecule has 0 atom stereocenters. The maximum Gasteiger partial charge on any atom is 0.182 e. The quantitative estimate of drug-likeness (QED) is 0.517. The first kappa shape index (κ1) is 13.9. The van der Waals surface area contributed by atoms with Gasteiger partial charge in [0.1, 0.15) is 11.6 Å². The molecule has 0 saturated carbocycles. The summed E-state index contributed by atoms with van der Waals surface area (Å²) in [5, 5.41) is 0. The Kier molecular flexibility index (Phi) is 3.51. The van der Waals surface area contributed by atoms with E-state index in [4.69, 9.17) is 12.2 Å². The molecule has 0 unspecified atom stereocenters. The van der Waals surface area contributed by atoms with E-state index in [1.165, 1.54) is 16.7 Å². The van der Waals surface area contributed by atoms with Gasteiger partial charge in [0.05, 0.1) is 21.2 Å². The normalized spacial score (nSPS) is 11.2. The Morgan fingerprint density at radius 3 is 2.50 bits per heavy atom. The molecule has 0 radical (unpaired) electrons. The minimum atomic E-state index is -0.420. The molecule has 3 aromatic rings. The number of nitrogens with zero attached hydrogens (tertiary/aromatic N) is 1. The van der Waals surface area contributed by atoms with Gasteiger partial charge in [-0.25, -0.2) is 8.78 Å². The van der Waals surface area contributed by atoms with Gasteiger partial charge in [-0.3, -0.25) is 4.57 Å². The van der Waals surface area contributed by atoms with E-state index in [1.54, 1.807) is 18.2 Å². The molecule has 2 aromatic carbocycles. The Balaban J connectivity index is 2.39. The number of rotatable bonds is 1. The molecule has 2 nitrogen and oxygen atoms in total. The summed E-state index contributed by atoms with van der Waals surface area (Å²) in [6.45, 7) is 0. The van der Waals surface area contributed by atoms with E-state index >= 15 is 0 Å². The largest absolute Gasteiger partial charge is 0.330 e. The van der Waals surface area contributed by atoms with Crippen molar-refractivity contribution >= 4 is 55.1 Å². The van der Waals surface area contributed by atoms with Gasteiger partial charge in [-0.05, 0) is 52.4 Å².